The number of aryl methyl sites for hydroxylation is 1. The van der Waals surface area contributed by atoms with Gasteiger partial charge in [0.15, 0.2) is 11.0 Å². The molecule has 17 heavy (non-hydrogen) atoms. The largest absolute Gasteiger partial charge is 0.374 e. The number of pyridine rings is 1. The van der Waals surface area contributed by atoms with Gasteiger partial charge in [0.05, 0.1) is 0 Å². The van der Waals surface area contributed by atoms with Crippen LogP contribution in [0.2, 0.25) is 0 Å². The summed E-state index contributed by atoms with van der Waals surface area (Å²) in [5.41, 5.74) is 7.35. The Hall–Kier alpha value is -1.49. The number of anilines is 1. The van der Waals surface area contributed by atoms with Crippen molar-refractivity contribution in [2.24, 2.45) is 0 Å². The van der Waals surface area contributed by atoms with Crippen LogP contribution in [-0.2, 0) is 0 Å². The van der Waals surface area contributed by atoms with E-state index in [1.165, 1.54) is 11.5 Å². The summed E-state index contributed by atoms with van der Waals surface area (Å²) >= 11 is 1.19. The standard InChI is InChI=1S/C8H8N4S.2C2H6/c1-5-2-3-6(4-10-5)7-11-8(9)13-12-7;2*1-2/h2-4H,1H3,(H2,9,11,12);2*1-2H3. The second-order valence-corrected chi connectivity index (χ2v) is 3.43. The molecular weight excluding hydrogens is 232 g/mol. The Balaban J connectivity index is 0.000000581. The van der Waals surface area contributed by atoms with E-state index in [1.807, 2.05) is 46.8 Å². The Bertz CT molecular complexity index is 409. The van der Waals surface area contributed by atoms with E-state index in [-0.39, 0.29) is 0 Å². The van der Waals surface area contributed by atoms with Crippen LogP contribution < -0.4 is 5.73 Å². The van der Waals surface area contributed by atoms with E-state index in [1.54, 1.807) is 6.20 Å². The number of nitrogen functional groups attached to an aromatic ring is 1. The van der Waals surface area contributed by atoms with Gasteiger partial charge in [-0.25, -0.2) is 0 Å². The molecule has 0 aliphatic carbocycles. The Kier molecular flexibility index (Phi) is 7.88. The summed E-state index contributed by atoms with van der Waals surface area (Å²) in [4.78, 5) is 8.20. The average Bonchev–Trinajstić information content (AvgIpc) is 2.82. The van der Waals surface area contributed by atoms with Gasteiger partial charge < -0.3 is 5.73 Å². The highest BCUT2D eigenvalue weighted by atomic mass is 32.1. The fraction of sp³-hybridized carbons (Fsp3) is 0.417. The zero-order chi connectivity index (χ0) is 13.3. The Morgan fingerprint density at radius 3 is 2.18 bits per heavy atom. The zero-order valence-electron chi connectivity index (χ0n) is 11.1. The number of rotatable bonds is 1. The molecule has 94 valence electrons. The van der Waals surface area contributed by atoms with Gasteiger partial charge in [0.1, 0.15) is 0 Å². The van der Waals surface area contributed by atoms with E-state index in [9.17, 15) is 0 Å². The molecule has 0 radical (unpaired) electrons. The van der Waals surface area contributed by atoms with Crippen molar-refractivity contribution in [3.05, 3.63) is 24.0 Å². The minimum atomic E-state index is 0.482. The smallest absolute Gasteiger partial charge is 0.200 e. The van der Waals surface area contributed by atoms with Gasteiger partial charge in [0.2, 0.25) is 0 Å². The van der Waals surface area contributed by atoms with Crippen molar-refractivity contribution in [1.29, 1.82) is 0 Å². The van der Waals surface area contributed by atoms with Crippen LogP contribution in [0.1, 0.15) is 33.4 Å². The normalized spacial score (nSPS) is 8.53. The molecule has 2 rings (SSSR count). The van der Waals surface area contributed by atoms with Crippen LogP contribution in [0.3, 0.4) is 0 Å². The minimum Gasteiger partial charge on any atom is -0.374 e. The summed E-state index contributed by atoms with van der Waals surface area (Å²) < 4.78 is 4.08. The van der Waals surface area contributed by atoms with E-state index in [2.05, 4.69) is 14.3 Å². The lowest BCUT2D eigenvalue weighted by Crippen LogP contribution is -1.86. The van der Waals surface area contributed by atoms with Gasteiger partial charge in [-0.15, -0.1) is 0 Å². The summed E-state index contributed by atoms with van der Waals surface area (Å²) in [7, 11) is 0. The molecule has 0 fully saturated rings. The van der Waals surface area contributed by atoms with Crippen LogP contribution in [0.4, 0.5) is 5.13 Å². The summed E-state index contributed by atoms with van der Waals surface area (Å²) in [6, 6.07) is 3.86. The van der Waals surface area contributed by atoms with Gasteiger partial charge >= 0.3 is 0 Å². The average molecular weight is 252 g/mol. The van der Waals surface area contributed by atoms with Gasteiger partial charge in [0, 0.05) is 29.0 Å². The molecule has 2 aromatic heterocycles. The first-order valence-corrected chi connectivity index (χ1v) is 6.55. The van der Waals surface area contributed by atoms with E-state index in [0.29, 0.717) is 11.0 Å². The van der Waals surface area contributed by atoms with Gasteiger partial charge in [-0.3, -0.25) is 4.98 Å². The topological polar surface area (TPSA) is 64.7 Å². The van der Waals surface area contributed by atoms with Gasteiger partial charge in [-0.05, 0) is 19.1 Å². The molecule has 2 heterocycles. The van der Waals surface area contributed by atoms with Crippen LogP contribution in [0.15, 0.2) is 18.3 Å². The van der Waals surface area contributed by atoms with Crippen LogP contribution >= 0.6 is 11.5 Å². The van der Waals surface area contributed by atoms with Crippen molar-refractivity contribution in [2.45, 2.75) is 34.6 Å². The molecule has 0 aliphatic heterocycles. The quantitative estimate of drug-likeness (QED) is 0.843. The molecule has 5 heteroatoms. The maximum absolute atomic E-state index is 5.47. The Morgan fingerprint density at radius 2 is 1.76 bits per heavy atom. The number of nitrogens with two attached hydrogens (primary N) is 1. The van der Waals surface area contributed by atoms with Crippen molar-refractivity contribution < 1.29 is 0 Å². The maximum atomic E-state index is 5.47. The fourth-order valence-corrected chi connectivity index (χ4v) is 1.41. The summed E-state index contributed by atoms with van der Waals surface area (Å²) in [5.74, 6) is 0.648. The molecule has 2 N–H and O–H groups in total. The highest BCUT2D eigenvalue weighted by molar-refractivity contribution is 7.09. The molecular formula is C12H20N4S. The molecule has 2 aromatic rings. The monoisotopic (exact) mass is 252 g/mol. The first kappa shape index (κ1) is 15.5. The second-order valence-electron chi connectivity index (χ2n) is 2.64. The van der Waals surface area contributed by atoms with Crippen LogP contribution in [-0.4, -0.2) is 14.3 Å². The van der Waals surface area contributed by atoms with E-state index in [0.717, 1.165) is 11.3 Å². The number of hydrogen-bond acceptors (Lipinski definition) is 5. The Morgan fingerprint density at radius 1 is 1.12 bits per heavy atom. The highest BCUT2D eigenvalue weighted by Crippen LogP contribution is 2.17. The van der Waals surface area contributed by atoms with Crippen molar-refractivity contribution in [3.8, 4) is 11.4 Å². The lowest BCUT2D eigenvalue weighted by molar-refractivity contribution is 1.19. The molecule has 0 amide bonds. The van der Waals surface area contributed by atoms with Gasteiger partial charge in [0.25, 0.3) is 0 Å². The number of hydrogen-bond donors (Lipinski definition) is 1. The molecule has 0 unspecified atom stereocenters. The lowest BCUT2D eigenvalue weighted by atomic mass is 10.2. The highest BCUT2D eigenvalue weighted by Gasteiger charge is 2.03. The lowest BCUT2D eigenvalue weighted by Gasteiger charge is -1.94. The third-order valence-corrected chi connectivity index (χ3v) is 2.15. The molecule has 0 saturated heterocycles. The number of aromatic nitrogens is 3. The molecule has 0 aliphatic rings. The van der Waals surface area contributed by atoms with Crippen molar-refractivity contribution in [1.82, 2.24) is 14.3 Å². The first-order chi connectivity index (χ1) is 8.25. The summed E-state index contributed by atoms with van der Waals surface area (Å²) in [6.07, 6.45) is 1.75. The van der Waals surface area contributed by atoms with Crippen molar-refractivity contribution in [2.75, 3.05) is 5.73 Å². The molecule has 0 saturated carbocycles. The third-order valence-electron chi connectivity index (χ3n) is 1.61. The van der Waals surface area contributed by atoms with Crippen molar-refractivity contribution >= 4 is 16.7 Å². The van der Waals surface area contributed by atoms with E-state index < -0.39 is 0 Å². The van der Waals surface area contributed by atoms with E-state index >= 15 is 0 Å². The molecule has 0 spiro atoms. The molecule has 0 bridgehead atoms. The predicted octanol–water partition coefficient (Wildman–Crippen LogP) is 3.54. The second kappa shape index (κ2) is 8.64. The maximum Gasteiger partial charge on any atom is 0.200 e. The third kappa shape index (κ3) is 4.91. The Labute approximate surface area is 107 Å². The van der Waals surface area contributed by atoms with Crippen molar-refractivity contribution in [3.63, 3.8) is 0 Å². The number of nitrogens with zero attached hydrogens (tertiary/aromatic N) is 3. The molecule has 4 nitrogen and oxygen atoms in total. The van der Waals surface area contributed by atoms with Gasteiger partial charge in [-0.2, -0.15) is 9.36 Å². The van der Waals surface area contributed by atoms with E-state index in [4.69, 9.17) is 5.73 Å². The minimum absolute atomic E-state index is 0.482. The van der Waals surface area contributed by atoms with Crippen LogP contribution in [0, 0.1) is 6.92 Å². The van der Waals surface area contributed by atoms with Crippen LogP contribution in [0.5, 0.6) is 0 Å². The fourth-order valence-electron chi connectivity index (χ4n) is 0.953. The summed E-state index contributed by atoms with van der Waals surface area (Å²) in [5, 5.41) is 0.482. The molecule has 0 atom stereocenters. The van der Waals surface area contributed by atoms with Crippen LogP contribution in [0.25, 0.3) is 11.4 Å². The van der Waals surface area contributed by atoms with Gasteiger partial charge in [-0.1, -0.05) is 27.7 Å². The first-order valence-electron chi connectivity index (χ1n) is 5.78. The molecule has 0 aromatic carbocycles. The SMILES string of the molecule is CC.CC.Cc1ccc(-c2nsc(N)n2)cn1. The predicted molar refractivity (Wildman–Crippen MR) is 75.0 cm³/mol. The summed E-state index contributed by atoms with van der Waals surface area (Å²) in [6.45, 7) is 9.94. The zero-order valence-corrected chi connectivity index (χ0v) is 11.9.